The number of carbonyl (C=O) groups is 1. The SMILES string of the molecule is Cc1ccc(CN(C)C(=O)CSc2nnc(-c3cccnc3)o2)cc1. The Kier molecular flexibility index (Phi) is 5.45. The van der Waals surface area contributed by atoms with Crippen LogP contribution in [0.4, 0.5) is 0 Å². The monoisotopic (exact) mass is 354 g/mol. The van der Waals surface area contributed by atoms with Crippen LogP contribution in [0.25, 0.3) is 11.5 Å². The Bertz CT molecular complexity index is 834. The molecule has 0 aliphatic heterocycles. The first-order chi connectivity index (χ1) is 12.1. The summed E-state index contributed by atoms with van der Waals surface area (Å²) in [6.45, 7) is 2.61. The van der Waals surface area contributed by atoms with Crippen LogP contribution in [-0.4, -0.2) is 38.8 Å². The third-order valence-electron chi connectivity index (χ3n) is 3.60. The lowest BCUT2D eigenvalue weighted by atomic mass is 10.1. The Morgan fingerprint density at radius 2 is 2.00 bits per heavy atom. The molecular weight excluding hydrogens is 336 g/mol. The number of pyridine rings is 1. The summed E-state index contributed by atoms with van der Waals surface area (Å²) in [6.07, 6.45) is 3.33. The molecule has 0 fully saturated rings. The lowest BCUT2D eigenvalue weighted by Gasteiger charge is -2.16. The van der Waals surface area contributed by atoms with E-state index in [1.807, 2.05) is 37.3 Å². The third kappa shape index (κ3) is 4.67. The molecule has 3 aromatic rings. The molecule has 0 aliphatic carbocycles. The van der Waals surface area contributed by atoms with Gasteiger partial charge in [0, 0.05) is 26.0 Å². The maximum Gasteiger partial charge on any atom is 0.277 e. The van der Waals surface area contributed by atoms with Crippen LogP contribution in [-0.2, 0) is 11.3 Å². The third-order valence-corrected chi connectivity index (χ3v) is 4.40. The van der Waals surface area contributed by atoms with E-state index < -0.39 is 0 Å². The molecule has 128 valence electrons. The molecule has 0 atom stereocenters. The summed E-state index contributed by atoms with van der Waals surface area (Å²) in [5.41, 5.74) is 3.06. The second kappa shape index (κ2) is 7.94. The minimum Gasteiger partial charge on any atom is -0.411 e. The highest BCUT2D eigenvalue weighted by Gasteiger charge is 2.14. The van der Waals surface area contributed by atoms with Gasteiger partial charge in [-0.05, 0) is 24.6 Å². The van der Waals surface area contributed by atoms with E-state index in [1.165, 1.54) is 17.3 Å². The van der Waals surface area contributed by atoms with Crippen molar-refractivity contribution in [1.29, 1.82) is 0 Å². The summed E-state index contributed by atoms with van der Waals surface area (Å²) < 4.78 is 5.56. The number of aromatic nitrogens is 3. The van der Waals surface area contributed by atoms with E-state index in [9.17, 15) is 4.79 Å². The summed E-state index contributed by atoms with van der Waals surface area (Å²) in [7, 11) is 1.79. The Morgan fingerprint density at radius 3 is 2.72 bits per heavy atom. The summed E-state index contributed by atoms with van der Waals surface area (Å²) in [5.74, 6) is 0.652. The molecule has 3 rings (SSSR count). The van der Waals surface area contributed by atoms with Gasteiger partial charge in [0.15, 0.2) is 0 Å². The first-order valence-electron chi connectivity index (χ1n) is 7.78. The lowest BCUT2D eigenvalue weighted by molar-refractivity contribution is -0.127. The minimum absolute atomic E-state index is 0.00621. The normalized spacial score (nSPS) is 10.6. The van der Waals surface area contributed by atoms with Crippen molar-refractivity contribution < 1.29 is 9.21 Å². The molecule has 6 nitrogen and oxygen atoms in total. The molecule has 2 heterocycles. The second-order valence-electron chi connectivity index (χ2n) is 5.64. The first-order valence-corrected chi connectivity index (χ1v) is 8.76. The van der Waals surface area contributed by atoms with E-state index in [-0.39, 0.29) is 11.7 Å². The van der Waals surface area contributed by atoms with Crippen LogP contribution in [0.15, 0.2) is 58.4 Å². The van der Waals surface area contributed by atoms with E-state index in [4.69, 9.17) is 4.42 Å². The van der Waals surface area contributed by atoms with E-state index in [0.717, 1.165) is 11.1 Å². The van der Waals surface area contributed by atoms with Crippen molar-refractivity contribution >= 4 is 17.7 Å². The number of nitrogens with zero attached hydrogens (tertiary/aromatic N) is 4. The highest BCUT2D eigenvalue weighted by atomic mass is 32.2. The topological polar surface area (TPSA) is 72.1 Å². The fourth-order valence-corrected chi connectivity index (χ4v) is 2.87. The largest absolute Gasteiger partial charge is 0.411 e. The smallest absolute Gasteiger partial charge is 0.277 e. The van der Waals surface area contributed by atoms with Gasteiger partial charge in [0.05, 0.1) is 11.3 Å². The van der Waals surface area contributed by atoms with Crippen molar-refractivity contribution in [2.45, 2.75) is 18.7 Å². The zero-order valence-electron chi connectivity index (χ0n) is 14.0. The van der Waals surface area contributed by atoms with Crippen molar-refractivity contribution in [3.8, 4) is 11.5 Å². The highest BCUT2D eigenvalue weighted by molar-refractivity contribution is 7.99. The molecule has 0 saturated carbocycles. The van der Waals surface area contributed by atoms with Gasteiger partial charge in [0.25, 0.3) is 5.22 Å². The summed E-state index contributed by atoms with van der Waals surface area (Å²) in [5, 5.41) is 8.32. The molecule has 1 aromatic carbocycles. The second-order valence-corrected chi connectivity index (χ2v) is 6.57. The van der Waals surface area contributed by atoms with Crippen LogP contribution in [0.3, 0.4) is 0 Å². The number of amides is 1. The lowest BCUT2D eigenvalue weighted by Crippen LogP contribution is -2.27. The molecular formula is C18H18N4O2S. The molecule has 0 bridgehead atoms. The molecule has 0 radical (unpaired) electrons. The van der Waals surface area contributed by atoms with Crippen LogP contribution in [0.1, 0.15) is 11.1 Å². The predicted molar refractivity (Wildman–Crippen MR) is 95.9 cm³/mol. The number of hydrogen-bond acceptors (Lipinski definition) is 6. The summed E-state index contributed by atoms with van der Waals surface area (Å²) in [4.78, 5) is 18.0. The van der Waals surface area contributed by atoms with Crippen molar-refractivity contribution in [3.63, 3.8) is 0 Å². The molecule has 0 N–H and O–H groups in total. The summed E-state index contributed by atoms with van der Waals surface area (Å²) in [6, 6.07) is 11.8. The Hall–Kier alpha value is -2.67. The van der Waals surface area contributed by atoms with Gasteiger partial charge in [0.2, 0.25) is 11.8 Å². The highest BCUT2D eigenvalue weighted by Crippen LogP contribution is 2.22. The Labute approximate surface area is 150 Å². The molecule has 0 aliphatic rings. The van der Waals surface area contributed by atoms with E-state index >= 15 is 0 Å². The van der Waals surface area contributed by atoms with Crippen molar-refractivity contribution in [1.82, 2.24) is 20.1 Å². The van der Waals surface area contributed by atoms with Crippen LogP contribution in [0.2, 0.25) is 0 Å². The van der Waals surface area contributed by atoms with Crippen molar-refractivity contribution in [2.75, 3.05) is 12.8 Å². The standard InChI is InChI=1S/C18H18N4O2S/c1-13-5-7-14(8-6-13)11-22(2)16(23)12-25-18-21-20-17(24-18)15-4-3-9-19-10-15/h3-10H,11-12H2,1-2H3. The Morgan fingerprint density at radius 1 is 1.20 bits per heavy atom. The van der Waals surface area contributed by atoms with Gasteiger partial charge in [-0.1, -0.05) is 41.6 Å². The zero-order valence-corrected chi connectivity index (χ0v) is 14.9. The van der Waals surface area contributed by atoms with Gasteiger partial charge in [-0.25, -0.2) is 0 Å². The minimum atomic E-state index is 0.00621. The average molecular weight is 354 g/mol. The number of thioether (sulfide) groups is 1. The average Bonchev–Trinajstić information content (AvgIpc) is 3.11. The molecule has 0 unspecified atom stereocenters. The van der Waals surface area contributed by atoms with Gasteiger partial charge in [-0.2, -0.15) is 0 Å². The zero-order chi connectivity index (χ0) is 17.6. The maximum absolute atomic E-state index is 12.3. The van der Waals surface area contributed by atoms with Gasteiger partial charge in [-0.3, -0.25) is 9.78 Å². The van der Waals surface area contributed by atoms with Gasteiger partial charge in [-0.15, -0.1) is 10.2 Å². The quantitative estimate of drug-likeness (QED) is 0.633. The Balaban J connectivity index is 1.53. The number of benzene rings is 1. The fraction of sp³-hybridized carbons (Fsp3) is 0.222. The van der Waals surface area contributed by atoms with Crippen LogP contribution in [0.5, 0.6) is 0 Å². The van der Waals surface area contributed by atoms with Gasteiger partial charge in [0.1, 0.15) is 0 Å². The molecule has 2 aromatic heterocycles. The molecule has 25 heavy (non-hydrogen) atoms. The van der Waals surface area contributed by atoms with Crippen LogP contribution in [0, 0.1) is 6.92 Å². The molecule has 1 amide bonds. The van der Waals surface area contributed by atoms with E-state index in [0.29, 0.717) is 17.7 Å². The summed E-state index contributed by atoms with van der Waals surface area (Å²) >= 11 is 1.23. The number of rotatable bonds is 6. The molecule has 0 spiro atoms. The van der Waals surface area contributed by atoms with E-state index in [1.54, 1.807) is 30.4 Å². The van der Waals surface area contributed by atoms with Gasteiger partial charge >= 0.3 is 0 Å². The van der Waals surface area contributed by atoms with Gasteiger partial charge < -0.3 is 9.32 Å². The molecule has 0 saturated heterocycles. The predicted octanol–water partition coefficient (Wildman–Crippen LogP) is 3.19. The van der Waals surface area contributed by atoms with Crippen molar-refractivity contribution in [3.05, 3.63) is 59.9 Å². The maximum atomic E-state index is 12.3. The molecule has 7 heteroatoms. The fourth-order valence-electron chi connectivity index (χ4n) is 2.16. The number of carbonyl (C=O) groups excluding carboxylic acids is 1. The first kappa shape index (κ1) is 17.2. The van der Waals surface area contributed by atoms with Crippen LogP contribution < -0.4 is 0 Å². The van der Waals surface area contributed by atoms with E-state index in [2.05, 4.69) is 15.2 Å². The van der Waals surface area contributed by atoms with Crippen molar-refractivity contribution in [2.24, 2.45) is 0 Å². The number of aryl methyl sites for hydroxylation is 1. The van der Waals surface area contributed by atoms with Crippen LogP contribution >= 0.6 is 11.8 Å². The number of hydrogen-bond donors (Lipinski definition) is 0.